The van der Waals surface area contributed by atoms with E-state index in [0.717, 1.165) is 22.0 Å². The standard InChI is InChI=1S/C19H17ClN2O3/c20-15-7-5-13(6-8-15)10-22-18(23)12-25-19(24)9-14-11-21-17-4-2-1-3-16(14)17/h1-8,11,21H,9-10,12H2,(H,22,23). The number of ether oxygens (including phenoxy) is 1. The van der Waals surface area contributed by atoms with Crippen molar-refractivity contribution in [3.05, 3.63) is 70.9 Å². The Bertz CT molecular complexity index is 887. The lowest BCUT2D eigenvalue weighted by Crippen LogP contribution is -2.28. The molecule has 0 saturated heterocycles. The van der Waals surface area contributed by atoms with E-state index in [9.17, 15) is 9.59 Å². The van der Waals surface area contributed by atoms with Crippen LogP contribution in [-0.4, -0.2) is 23.5 Å². The molecular weight excluding hydrogens is 340 g/mol. The van der Waals surface area contributed by atoms with E-state index in [1.807, 2.05) is 36.4 Å². The zero-order valence-corrected chi connectivity index (χ0v) is 14.2. The predicted molar refractivity (Wildman–Crippen MR) is 96.3 cm³/mol. The lowest BCUT2D eigenvalue weighted by atomic mass is 10.1. The van der Waals surface area contributed by atoms with Gasteiger partial charge in [0.25, 0.3) is 5.91 Å². The number of carbonyl (C=O) groups excluding carboxylic acids is 2. The first-order valence-electron chi connectivity index (χ1n) is 7.83. The first-order chi connectivity index (χ1) is 12.1. The number of hydrogen-bond donors (Lipinski definition) is 2. The molecule has 1 aromatic heterocycles. The summed E-state index contributed by atoms with van der Waals surface area (Å²) in [5.74, 6) is -0.784. The molecule has 0 unspecified atom stereocenters. The second kappa shape index (κ2) is 7.85. The SMILES string of the molecule is O=C(COC(=O)Cc1c[nH]c2ccccc12)NCc1ccc(Cl)cc1. The molecule has 1 heterocycles. The van der Waals surface area contributed by atoms with Gasteiger partial charge in [-0.15, -0.1) is 0 Å². The van der Waals surface area contributed by atoms with E-state index in [-0.39, 0.29) is 18.9 Å². The van der Waals surface area contributed by atoms with Crippen molar-refractivity contribution in [1.82, 2.24) is 10.3 Å². The number of esters is 1. The molecule has 2 N–H and O–H groups in total. The number of halogens is 1. The zero-order chi connectivity index (χ0) is 17.6. The van der Waals surface area contributed by atoms with E-state index >= 15 is 0 Å². The van der Waals surface area contributed by atoms with Gasteiger partial charge in [-0.3, -0.25) is 9.59 Å². The summed E-state index contributed by atoms with van der Waals surface area (Å²) in [6, 6.07) is 14.9. The second-order valence-electron chi connectivity index (χ2n) is 5.60. The number of rotatable bonds is 6. The van der Waals surface area contributed by atoms with Crippen LogP contribution >= 0.6 is 11.6 Å². The first kappa shape index (κ1) is 17.0. The maximum Gasteiger partial charge on any atom is 0.310 e. The number of benzene rings is 2. The molecule has 25 heavy (non-hydrogen) atoms. The lowest BCUT2D eigenvalue weighted by Gasteiger charge is -2.07. The highest BCUT2D eigenvalue weighted by Crippen LogP contribution is 2.18. The number of hydrogen-bond acceptors (Lipinski definition) is 3. The molecule has 3 aromatic rings. The summed E-state index contributed by atoms with van der Waals surface area (Å²) in [6.45, 7) is 0.0603. The molecule has 0 radical (unpaired) electrons. The van der Waals surface area contributed by atoms with Gasteiger partial charge >= 0.3 is 5.97 Å². The van der Waals surface area contributed by atoms with Crippen molar-refractivity contribution in [2.24, 2.45) is 0 Å². The van der Waals surface area contributed by atoms with E-state index < -0.39 is 5.97 Å². The van der Waals surface area contributed by atoms with Gasteiger partial charge in [0.05, 0.1) is 6.42 Å². The Kier molecular flexibility index (Phi) is 5.36. The summed E-state index contributed by atoms with van der Waals surface area (Å²) in [4.78, 5) is 26.8. The maximum atomic E-state index is 11.9. The average Bonchev–Trinajstić information content (AvgIpc) is 3.02. The monoisotopic (exact) mass is 356 g/mol. The molecule has 0 aliphatic heterocycles. The fraction of sp³-hybridized carbons (Fsp3) is 0.158. The topological polar surface area (TPSA) is 71.2 Å². The van der Waals surface area contributed by atoms with E-state index in [4.69, 9.17) is 16.3 Å². The van der Waals surface area contributed by atoms with Crippen molar-refractivity contribution in [2.75, 3.05) is 6.61 Å². The van der Waals surface area contributed by atoms with E-state index in [1.165, 1.54) is 0 Å². The fourth-order valence-corrected chi connectivity index (χ4v) is 2.61. The van der Waals surface area contributed by atoms with Crippen molar-refractivity contribution in [3.8, 4) is 0 Å². The molecule has 3 rings (SSSR count). The normalized spacial score (nSPS) is 10.6. The summed E-state index contributed by atoms with van der Waals surface area (Å²) in [5.41, 5.74) is 2.73. The molecule has 128 valence electrons. The minimum atomic E-state index is -0.439. The fourth-order valence-electron chi connectivity index (χ4n) is 2.48. The third kappa shape index (κ3) is 4.61. The number of fused-ring (bicyclic) bond motifs is 1. The molecule has 0 aliphatic carbocycles. The molecular formula is C19H17ClN2O3. The predicted octanol–water partition coefficient (Wildman–Crippen LogP) is 3.22. The lowest BCUT2D eigenvalue weighted by molar-refractivity contribution is -0.147. The highest BCUT2D eigenvalue weighted by Gasteiger charge is 2.11. The van der Waals surface area contributed by atoms with Crippen LogP contribution < -0.4 is 5.32 Å². The third-order valence-electron chi connectivity index (χ3n) is 3.78. The highest BCUT2D eigenvalue weighted by molar-refractivity contribution is 6.30. The minimum Gasteiger partial charge on any atom is -0.455 e. The van der Waals surface area contributed by atoms with Gasteiger partial charge in [-0.1, -0.05) is 41.9 Å². The Morgan fingerprint density at radius 2 is 1.84 bits per heavy atom. The minimum absolute atomic E-state index is 0.120. The van der Waals surface area contributed by atoms with Crippen LogP contribution in [0.5, 0.6) is 0 Å². The Hall–Kier alpha value is -2.79. The van der Waals surface area contributed by atoms with Gasteiger partial charge in [-0.25, -0.2) is 0 Å². The Labute approximate surface area is 149 Å². The molecule has 0 saturated carbocycles. The summed E-state index contributed by atoms with van der Waals surface area (Å²) in [5, 5.41) is 4.32. The molecule has 1 amide bonds. The largest absolute Gasteiger partial charge is 0.455 e. The van der Waals surface area contributed by atoms with Crippen LogP contribution in [0.1, 0.15) is 11.1 Å². The summed E-state index contributed by atoms with van der Waals surface area (Å²) in [6.07, 6.45) is 1.90. The molecule has 5 nitrogen and oxygen atoms in total. The van der Waals surface area contributed by atoms with Crippen LogP contribution in [-0.2, 0) is 27.3 Å². The van der Waals surface area contributed by atoms with Crippen molar-refractivity contribution >= 4 is 34.4 Å². The smallest absolute Gasteiger partial charge is 0.310 e. The molecule has 0 bridgehead atoms. The van der Waals surface area contributed by atoms with Gasteiger partial charge in [0.15, 0.2) is 6.61 Å². The molecule has 0 aliphatic rings. The quantitative estimate of drug-likeness (QED) is 0.666. The maximum absolute atomic E-state index is 11.9. The summed E-state index contributed by atoms with van der Waals surface area (Å²) < 4.78 is 5.05. The number of amides is 1. The molecule has 0 spiro atoms. The van der Waals surface area contributed by atoms with Crippen molar-refractivity contribution in [2.45, 2.75) is 13.0 Å². The Balaban J connectivity index is 1.45. The van der Waals surface area contributed by atoms with Crippen LogP contribution in [0.25, 0.3) is 10.9 Å². The molecule has 2 aromatic carbocycles. The number of H-pyrrole nitrogens is 1. The summed E-state index contributed by atoms with van der Waals surface area (Å²) >= 11 is 5.81. The van der Waals surface area contributed by atoms with Gasteiger partial charge in [0.1, 0.15) is 0 Å². The van der Waals surface area contributed by atoms with Gasteiger partial charge < -0.3 is 15.0 Å². The van der Waals surface area contributed by atoms with E-state index in [0.29, 0.717) is 11.6 Å². The number of para-hydroxylation sites is 1. The van der Waals surface area contributed by atoms with Gasteiger partial charge in [0, 0.05) is 28.7 Å². The van der Waals surface area contributed by atoms with Crippen molar-refractivity contribution in [1.29, 1.82) is 0 Å². The van der Waals surface area contributed by atoms with Gasteiger partial charge in [-0.2, -0.15) is 0 Å². The molecule has 6 heteroatoms. The van der Waals surface area contributed by atoms with Crippen molar-refractivity contribution < 1.29 is 14.3 Å². The average molecular weight is 357 g/mol. The Morgan fingerprint density at radius 1 is 1.08 bits per heavy atom. The number of carbonyl (C=O) groups is 2. The third-order valence-corrected chi connectivity index (χ3v) is 4.03. The van der Waals surface area contributed by atoms with Crippen LogP contribution in [0.3, 0.4) is 0 Å². The molecule has 0 atom stereocenters. The number of aromatic nitrogens is 1. The second-order valence-corrected chi connectivity index (χ2v) is 6.04. The van der Waals surface area contributed by atoms with Gasteiger partial charge in [0.2, 0.25) is 0 Å². The number of nitrogens with one attached hydrogen (secondary N) is 2. The van der Waals surface area contributed by atoms with Crippen LogP contribution in [0, 0.1) is 0 Å². The van der Waals surface area contributed by atoms with Crippen LogP contribution in [0.4, 0.5) is 0 Å². The van der Waals surface area contributed by atoms with Crippen LogP contribution in [0.2, 0.25) is 5.02 Å². The van der Waals surface area contributed by atoms with Gasteiger partial charge in [-0.05, 0) is 29.3 Å². The summed E-state index contributed by atoms with van der Waals surface area (Å²) in [7, 11) is 0. The zero-order valence-electron chi connectivity index (χ0n) is 13.4. The van der Waals surface area contributed by atoms with E-state index in [1.54, 1.807) is 18.3 Å². The highest BCUT2D eigenvalue weighted by atomic mass is 35.5. The van der Waals surface area contributed by atoms with Crippen molar-refractivity contribution in [3.63, 3.8) is 0 Å². The van der Waals surface area contributed by atoms with Crippen LogP contribution in [0.15, 0.2) is 54.7 Å². The number of aromatic amines is 1. The first-order valence-corrected chi connectivity index (χ1v) is 8.21. The van der Waals surface area contributed by atoms with E-state index in [2.05, 4.69) is 10.3 Å². The molecule has 0 fully saturated rings. The Morgan fingerprint density at radius 3 is 2.64 bits per heavy atom.